The van der Waals surface area contributed by atoms with Gasteiger partial charge in [0.15, 0.2) is 5.69 Å². The molecule has 0 aliphatic carbocycles. The van der Waals surface area contributed by atoms with Gasteiger partial charge in [-0.3, -0.25) is 19.1 Å². The molecule has 0 bridgehead atoms. The molecule has 3 N–H and O–H groups in total. The normalized spacial score (nSPS) is 10.9. The molecule has 9 nitrogen and oxygen atoms in total. The van der Waals surface area contributed by atoms with Crippen LogP contribution in [-0.4, -0.2) is 42.8 Å². The summed E-state index contributed by atoms with van der Waals surface area (Å²) in [5.41, 5.74) is 6.00. The van der Waals surface area contributed by atoms with Gasteiger partial charge in [0.05, 0.1) is 19.2 Å². The van der Waals surface area contributed by atoms with Gasteiger partial charge in [-0.2, -0.15) is 0 Å². The highest BCUT2D eigenvalue weighted by molar-refractivity contribution is 6.11. The molecule has 0 radical (unpaired) electrons. The van der Waals surface area contributed by atoms with Gasteiger partial charge in [-0.25, -0.2) is 4.79 Å². The molecular weight excluding hydrogens is 460 g/mol. The Balaban J connectivity index is 1.85. The summed E-state index contributed by atoms with van der Waals surface area (Å²) < 4.78 is 11.9. The van der Waals surface area contributed by atoms with E-state index in [0.29, 0.717) is 18.8 Å². The Hall–Kier alpha value is -4.37. The zero-order valence-electron chi connectivity index (χ0n) is 20.2. The second-order valence-electron chi connectivity index (χ2n) is 8.27. The Morgan fingerprint density at radius 3 is 2.33 bits per heavy atom. The van der Waals surface area contributed by atoms with Crippen LogP contribution < -0.4 is 26.6 Å². The summed E-state index contributed by atoms with van der Waals surface area (Å²) in [4.78, 5) is 43.3. The van der Waals surface area contributed by atoms with E-state index in [9.17, 15) is 14.4 Å². The number of ether oxygens (including phenoxy) is 2. The Bertz CT molecular complexity index is 1490. The van der Waals surface area contributed by atoms with Gasteiger partial charge in [0, 0.05) is 20.3 Å². The number of carbonyl (C=O) groups is 1. The number of hydrogen-bond acceptors (Lipinski definition) is 6. The second-order valence-corrected chi connectivity index (χ2v) is 8.27. The van der Waals surface area contributed by atoms with Crippen molar-refractivity contribution < 1.29 is 14.3 Å². The van der Waals surface area contributed by atoms with E-state index in [2.05, 4.69) is 4.98 Å². The van der Waals surface area contributed by atoms with Crippen molar-refractivity contribution in [3.63, 3.8) is 0 Å². The number of benzene rings is 3. The minimum Gasteiger partial charge on any atom is -0.496 e. The third-order valence-corrected chi connectivity index (χ3v) is 5.94. The molecule has 4 rings (SSSR count). The molecule has 0 aliphatic heterocycles. The molecule has 1 heterocycles. The lowest BCUT2D eigenvalue weighted by Gasteiger charge is -2.25. The number of rotatable bonds is 9. The molecule has 0 atom stereocenters. The average molecular weight is 489 g/mol. The fourth-order valence-electron chi connectivity index (χ4n) is 4.14. The fraction of sp³-hybridized carbons (Fsp3) is 0.222. The van der Waals surface area contributed by atoms with Gasteiger partial charge in [0.25, 0.3) is 11.5 Å². The minimum atomic E-state index is -0.743. The van der Waals surface area contributed by atoms with E-state index in [1.807, 2.05) is 54.6 Å². The van der Waals surface area contributed by atoms with Gasteiger partial charge in [0.1, 0.15) is 11.6 Å². The Morgan fingerprint density at radius 2 is 1.67 bits per heavy atom. The highest BCUT2D eigenvalue weighted by atomic mass is 16.5. The minimum absolute atomic E-state index is 0.0955. The molecule has 1 amide bonds. The number of nitrogens with two attached hydrogens (primary N) is 1. The van der Waals surface area contributed by atoms with E-state index in [0.717, 1.165) is 16.3 Å². The van der Waals surface area contributed by atoms with Crippen molar-refractivity contribution in [2.75, 3.05) is 38.0 Å². The van der Waals surface area contributed by atoms with Gasteiger partial charge in [-0.05, 0) is 34.9 Å². The van der Waals surface area contributed by atoms with E-state index in [-0.39, 0.29) is 30.2 Å². The van der Waals surface area contributed by atoms with Crippen molar-refractivity contribution in [1.82, 2.24) is 9.55 Å². The summed E-state index contributed by atoms with van der Waals surface area (Å²) in [5.74, 6) is -0.211. The lowest BCUT2D eigenvalue weighted by Crippen LogP contribution is -2.42. The predicted octanol–water partition coefficient (Wildman–Crippen LogP) is 3.01. The third kappa shape index (κ3) is 5.01. The average Bonchev–Trinajstić information content (AvgIpc) is 2.89. The van der Waals surface area contributed by atoms with Gasteiger partial charge in [-0.1, -0.05) is 54.6 Å². The number of aromatic amines is 1. The van der Waals surface area contributed by atoms with Gasteiger partial charge in [0.2, 0.25) is 0 Å². The number of hydrogen-bond donors (Lipinski definition) is 2. The Kier molecular flexibility index (Phi) is 7.50. The maximum Gasteiger partial charge on any atom is 0.330 e. The maximum absolute atomic E-state index is 13.9. The Labute approximate surface area is 207 Å². The summed E-state index contributed by atoms with van der Waals surface area (Å²) in [6, 6.07) is 20.3. The van der Waals surface area contributed by atoms with Crippen LogP contribution in [0.2, 0.25) is 0 Å². The number of carbonyl (C=O) groups excluding carboxylic acids is 1. The lowest BCUT2D eigenvalue weighted by molar-refractivity contribution is 0.0980. The summed E-state index contributed by atoms with van der Waals surface area (Å²) >= 11 is 0. The van der Waals surface area contributed by atoms with E-state index >= 15 is 0 Å². The molecule has 0 saturated heterocycles. The predicted molar refractivity (Wildman–Crippen MR) is 140 cm³/mol. The van der Waals surface area contributed by atoms with Crippen molar-refractivity contribution >= 4 is 28.2 Å². The van der Waals surface area contributed by atoms with Crippen LogP contribution in [0.5, 0.6) is 5.75 Å². The summed E-state index contributed by atoms with van der Waals surface area (Å²) in [7, 11) is 3.04. The molecule has 1 aromatic heterocycles. The van der Waals surface area contributed by atoms with Crippen molar-refractivity contribution in [2.24, 2.45) is 0 Å². The monoisotopic (exact) mass is 488 g/mol. The first-order chi connectivity index (χ1) is 17.4. The fourth-order valence-corrected chi connectivity index (χ4v) is 4.14. The second kappa shape index (κ2) is 10.9. The first kappa shape index (κ1) is 24.7. The summed E-state index contributed by atoms with van der Waals surface area (Å²) in [6.45, 7) is 0.633. The molecule has 0 fully saturated rings. The molecular formula is C27H28N4O5. The van der Waals surface area contributed by atoms with Crippen LogP contribution in [0.25, 0.3) is 10.8 Å². The number of fused-ring (bicyclic) bond motifs is 1. The topological polar surface area (TPSA) is 120 Å². The number of anilines is 2. The maximum atomic E-state index is 13.9. The largest absolute Gasteiger partial charge is 0.496 e. The van der Waals surface area contributed by atoms with Crippen molar-refractivity contribution in [1.29, 1.82) is 0 Å². The molecule has 0 aliphatic rings. The van der Waals surface area contributed by atoms with Crippen LogP contribution in [-0.2, 0) is 11.3 Å². The molecule has 0 saturated carbocycles. The molecule has 9 heteroatoms. The molecule has 36 heavy (non-hydrogen) atoms. The zero-order valence-corrected chi connectivity index (χ0v) is 20.2. The molecule has 4 aromatic rings. The lowest BCUT2D eigenvalue weighted by atomic mass is 10.0. The highest BCUT2D eigenvalue weighted by Gasteiger charge is 2.27. The van der Waals surface area contributed by atoms with Gasteiger partial charge < -0.3 is 20.1 Å². The van der Waals surface area contributed by atoms with Crippen LogP contribution in [0, 0.1) is 0 Å². The quantitative estimate of drug-likeness (QED) is 0.350. The number of nitrogens with zero attached hydrogens (tertiary/aromatic N) is 2. The van der Waals surface area contributed by atoms with Gasteiger partial charge >= 0.3 is 5.69 Å². The van der Waals surface area contributed by atoms with Crippen LogP contribution in [0.4, 0.5) is 11.5 Å². The number of nitrogen functional groups attached to an aromatic ring is 1. The highest BCUT2D eigenvalue weighted by Crippen LogP contribution is 2.29. The third-order valence-electron chi connectivity index (χ3n) is 5.94. The van der Waals surface area contributed by atoms with Gasteiger partial charge in [-0.15, -0.1) is 0 Å². The van der Waals surface area contributed by atoms with E-state index in [4.69, 9.17) is 15.2 Å². The summed E-state index contributed by atoms with van der Waals surface area (Å²) in [6.07, 6.45) is 0.439. The number of methoxy groups -OCH3 is 2. The molecule has 0 spiro atoms. The SMILES string of the molecule is COCCCN(C(=O)c1cc2ccccc2cc1OC)c1c(N)n(Cc2ccccc2)c(=O)[nH]c1=O. The molecule has 0 unspecified atom stereocenters. The van der Waals surface area contributed by atoms with Crippen molar-refractivity contribution in [3.8, 4) is 5.75 Å². The van der Waals surface area contributed by atoms with Crippen LogP contribution >= 0.6 is 0 Å². The molecule has 3 aromatic carbocycles. The summed E-state index contributed by atoms with van der Waals surface area (Å²) in [5, 5.41) is 1.75. The van der Waals surface area contributed by atoms with Crippen molar-refractivity contribution in [3.05, 3.63) is 98.7 Å². The van der Waals surface area contributed by atoms with Crippen LogP contribution in [0.1, 0.15) is 22.3 Å². The van der Waals surface area contributed by atoms with Crippen LogP contribution in [0.15, 0.2) is 76.3 Å². The van der Waals surface area contributed by atoms with E-state index in [1.54, 1.807) is 19.2 Å². The zero-order chi connectivity index (χ0) is 25.7. The number of aromatic nitrogens is 2. The van der Waals surface area contributed by atoms with Crippen LogP contribution in [0.3, 0.4) is 0 Å². The number of amides is 1. The Morgan fingerprint density at radius 1 is 1.00 bits per heavy atom. The van der Waals surface area contributed by atoms with E-state index in [1.165, 1.54) is 16.6 Å². The standard InChI is InChI=1S/C27H28N4O5/c1-35-14-8-13-30(26(33)21-15-19-11-6-7-12-20(19)16-22(21)36-2)23-24(28)31(27(34)29-25(23)32)17-18-9-4-3-5-10-18/h3-7,9-12,15-16H,8,13-14,17,28H2,1-2H3,(H,29,32,34). The van der Waals surface area contributed by atoms with Crippen molar-refractivity contribution in [2.45, 2.75) is 13.0 Å². The smallest absolute Gasteiger partial charge is 0.330 e. The number of H-pyrrole nitrogens is 1. The first-order valence-corrected chi connectivity index (χ1v) is 11.5. The first-order valence-electron chi connectivity index (χ1n) is 11.5. The number of nitrogens with one attached hydrogen (secondary N) is 1. The molecule has 186 valence electrons. The van der Waals surface area contributed by atoms with E-state index < -0.39 is 17.2 Å².